The van der Waals surface area contributed by atoms with Gasteiger partial charge in [-0.2, -0.15) is 0 Å². The van der Waals surface area contributed by atoms with Gasteiger partial charge in [-0.1, -0.05) is 42.0 Å². The van der Waals surface area contributed by atoms with Crippen LogP contribution in [0.1, 0.15) is 16.0 Å². The van der Waals surface area contributed by atoms with Crippen LogP contribution >= 0.6 is 11.3 Å². The van der Waals surface area contributed by atoms with Crippen LogP contribution in [0.4, 0.5) is 0 Å². The summed E-state index contributed by atoms with van der Waals surface area (Å²) in [6, 6.07) is 18.7. The third-order valence-corrected chi connectivity index (χ3v) is 6.85. The van der Waals surface area contributed by atoms with Gasteiger partial charge in [-0.25, -0.2) is 12.4 Å². The van der Waals surface area contributed by atoms with Gasteiger partial charge in [0, 0.05) is 22.9 Å². The fraction of sp³-hybridized carbons (Fsp3) is 0.100. The van der Waals surface area contributed by atoms with Crippen molar-refractivity contribution in [2.24, 2.45) is 0 Å². The average Bonchev–Trinajstić information content (AvgIpc) is 3.24. The molecule has 25 heavy (non-hydrogen) atoms. The molecule has 0 aliphatic carbocycles. The zero-order chi connectivity index (χ0) is 17.4. The quantitative estimate of drug-likeness (QED) is 0.518. The molecule has 2 heterocycles. The summed E-state index contributed by atoms with van der Waals surface area (Å²) >= 11 is 1.68. The second kappa shape index (κ2) is 6.17. The van der Waals surface area contributed by atoms with Gasteiger partial charge < -0.3 is 0 Å². The minimum absolute atomic E-state index is 0.307. The van der Waals surface area contributed by atoms with Crippen LogP contribution in [0.5, 0.6) is 0 Å². The third kappa shape index (κ3) is 2.90. The first kappa shape index (κ1) is 16.1. The Kier molecular flexibility index (Phi) is 3.98. The van der Waals surface area contributed by atoms with Gasteiger partial charge >= 0.3 is 0 Å². The first-order valence-electron chi connectivity index (χ1n) is 7.99. The van der Waals surface area contributed by atoms with Crippen molar-refractivity contribution in [2.75, 3.05) is 0 Å². The number of aromatic nitrogens is 1. The Hall–Kier alpha value is -2.37. The first-order valence-corrected chi connectivity index (χ1v) is 10.3. The number of nitrogens with zero attached hydrogens (tertiary/aromatic N) is 1. The Morgan fingerprint density at radius 2 is 1.72 bits per heavy atom. The van der Waals surface area contributed by atoms with Crippen molar-refractivity contribution >= 4 is 32.3 Å². The van der Waals surface area contributed by atoms with Crippen LogP contribution in [-0.2, 0) is 16.4 Å². The lowest BCUT2D eigenvalue weighted by Crippen LogP contribution is -2.11. The summed E-state index contributed by atoms with van der Waals surface area (Å²) in [5.41, 5.74) is 2.78. The number of hydrogen-bond donors (Lipinski definition) is 0. The lowest BCUT2D eigenvalue weighted by molar-refractivity contribution is 0.589. The van der Waals surface area contributed by atoms with E-state index in [2.05, 4.69) is 6.07 Å². The van der Waals surface area contributed by atoms with Gasteiger partial charge in [-0.15, -0.1) is 11.3 Å². The smallest absolute Gasteiger partial charge is 0.241 e. The van der Waals surface area contributed by atoms with E-state index >= 15 is 0 Å². The van der Waals surface area contributed by atoms with Crippen molar-refractivity contribution in [2.45, 2.75) is 18.2 Å². The van der Waals surface area contributed by atoms with E-state index in [4.69, 9.17) is 0 Å². The summed E-state index contributed by atoms with van der Waals surface area (Å²) in [4.78, 5) is 1.53. The molecular formula is C20H17NO2S2. The van der Waals surface area contributed by atoms with E-state index in [0.29, 0.717) is 4.90 Å². The van der Waals surface area contributed by atoms with Crippen LogP contribution in [-0.4, -0.2) is 12.4 Å². The predicted molar refractivity (Wildman–Crippen MR) is 103 cm³/mol. The molecule has 0 atom stereocenters. The van der Waals surface area contributed by atoms with Crippen LogP contribution in [0.25, 0.3) is 10.9 Å². The Morgan fingerprint density at radius 3 is 2.44 bits per heavy atom. The Balaban J connectivity index is 1.88. The highest BCUT2D eigenvalue weighted by molar-refractivity contribution is 7.90. The summed E-state index contributed by atoms with van der Waals surface area (Å²) in [5, 5.41) is 3.02. The SMILES string of the molecule is Cc1ccc(S(=O)(=O)n2cc(Cc3cccs3)c3ccccc32)cc1. The zero-order valence-electron chi connectivity index (χ0n) is 13.7. The third-order valence-electron chi connectivity index (χ3n) is 4.28. The van der Waals surface area contributed by atoms with Crippen LogP contribution in [0, 0.1) is 6.92 Å². The summed E-state index contributed by atoms with van der Waals surface area (Å²) in [6.45, 7) is 1.95. The Labute approximate surface area is 151 Å². The molecule has 0 aliphatic rings. The molecule has 5 heteroatoms. The molecule has 126 valence electrons. The first-order chi connectivity index (χ1) is 12.1. The summed E-state index contributed by atoms with van der Waals surface area (Å²) in [5.74, 6) is 0. The molecule has 0 radical (unpaired) electrons. The number of para-hydroxylation sites is 1. The van der Waals surface area contributed by atoms with Crippen LogP contribution in [0.2, 0.25) is 0 Å². The molecule has 0 amide bonds. The normalized spacial score (nSPS) is 11.9. The van der Waals surface area contributed by atoms with E-state index in [1.54, 1.807) is 29.7 Å². The highest BCUT2D eigenvalue weighted by Crippen LogP contribution is 2.28. The van der Waals surface area contributed by atoms with Crippen LogP contribution < -0.4 is 0 Å². The maximum atomic E-state index is 13.1. The van der Waals surface area contributed by atoms with Crippen molar-refractivity contribution in [3.05, 3.63) is 88.2 Å². The van der Waals surface area contributed by atoms with E-state index < -0.39 is 10.0 Å². The molecular weight excluding hydrogens is 350 g/mol. The van der Waals surface area contributed by atoms with E-state index in [9.17, 15) is 8.42 Å². The van der Waals surface area contributed by atoms with E-state index in [0.717, 1.165) is 28.5 Å². The summed E-state index contributed by atoms with van der Waals surface area (Å²) in [6.07, 6.45) is 2.49. The minimum Gasteiger partial charge on any atom is -0.241 e. The van der Waals surface area contributed by atoms with Gasteiger partial charge in [0.15, 0.2) is 0 Å². The second-order valence-corrected chi connectivity index (χ2v) is 8.89. The number of thiophene rings is 1. The maximum absolute atomic E-state index is 13.1. The Morgan fingerprint density at radius 1 is 0.960 bits per heavy atom. The number of hydrogen-bond acceptors (Lipinski definition) is 3. The molecule has 0 spiro atoms. The van der Waals surface area contributed by atoms with Crippen molar-refractivity contribution in [1.29, 1.82) is 0 Å². The fourth-order valence-electron chi connectivity index (χ4n) is 2.98. The van der Waals surface area contributed by atoms with Crippen molar-refractivity contribution < 1.29 is 8.42 Å². The molecule has 0 saturated heterocycles. The molecule has 2 aromatic heterocycles. The van der Waals surface area contributed by atoms with Gasteiger partial charge in [0.2, 0.25) is 0 Å². The molecule has 0 fully saturated rings. The van der Waals surface area contributed by atoms with Crippen LogP contribution in [0.15, 0.2) is 77.1 Å². The molecule has 4 aromatic rings. The van der Waals surface area contributed by atoms with E-state index in [-0.39, 0.29) is 0 Å². The van der Waals surface area contributed by atoms with Gasteiger partial charge in [-0.3, -0.25) is 0 Å². The van der Waals surface area contributed by atoms with Crippen molar-refractivity contribution in [3.63, 3.8) is 0 Å². The molecule has 0 bridgehead atoms. The number of rotatable bonds is 4. The molecule has 0 aliphatic heterocycles. The van der Waals surface area contributed by atoms with Gasteiger partial charge in [0.1, 0.15) is 0 Å². The molecule has 2 aromatic carbocycles. The van der Waals surface area contributed by atoms with Gasteiger partial charge in [0.05, 0.1) is 10.4 Å². The fourth-order valence-corrected chi connectivity index (χ4v) is 5.10. The zero-order valence-corrected chi connectivity index (χ0v) is 15.3. The Bertz CT molecular complexity index is 1120. The van der Waals surface area contributed by atoms with E-state index in [1.165, 1.54) is 8.85 Å². The highest BCUT2D eigenvalue weighted by atomic mass is 32.2. The molecule has 0 saturated carbocycles. The molecule has 3 nitrogen and oxygen atoms in total. The number of aryl methyl sites for hydroxylation is 1. The van der Waals surface area contributed by atoms with Crippen molar-refractivity contribution in [1.82, 2.24) is 3.97 Å². The number of fused-ring (bicyclic) bond motifs is 1. The molecule has 0 N–H and O–H groups in total. The average molecular weight is 367 g/mol. The monoisotopic (exact) mass is 367 g/mol. The van der Waals surface area contributed by atoms with Gasteiger partial charge in [0.25, 0.3) is 10.0 Å². The molecule has 4 rings (SSSR count). The lowest BCUT2D eigenvalue weighted by Gasteiger charge is -2.07. The second-order valence-electron chi connectivity index (χ2n) is 6.04. The lowest BCUT2D eigenvalue weighted by atomic mass is 10.1. The summed E-state index contributed by atoms with van der Waals surface area (Å²) in [7, 11) is -3.62. The largest absolute Gasteiger partial charge is 0.268 e. The van der Waals surface area contributed by atoms with Crippen LogP contribution in [0.3, 0.4) is 0 Å². The van der Waals surface area contributed by atoms with Crippen molar-refractivity contribution in [3.8, 4) is 0 Å². The minimum atomic E-state index is -3.62. The standard InChI is InChI=1S/C20H17NO2S2/c1-15-8-10-18(11-9-15)25(22,23)21-14-16(13-17-5-4-12-24-17)19-6-2-3-7-20(19)21/h2-12,14H,13H2,1H3. The predicted octanol–water partition coefficient (Wildman–Crippen LogP) is 4.84. The van der Waals surface area contributed by atoms with E-state index in [1.807, 2.05) is 54.8 Å². The van der Waals surface area contributed by atoms with Gasteiger partial charge in [-0.05, 0) is 42.1 Å². The molecule has 0 unspecified atom stereocenters. The number of benzene rings is 2. The maximum Gasteiger partial charge on any atom is 0.268 e. The summed E-state index contributed by atoms with van der Waals surface area (Å²) < 4.78 is 27.7. The highest BCUT2D eigenvalue weighted by Gasteiger charge is 2.21. The topological polar surface area (TPSA) is 39.1 Å².